The molecular formula is C35H61NO8. The number of allylic oxidation sites excluding steroid dienone is 7. The van der Waals surface area contributed by atoms with Gasteiger partial charge in [0.1, 0.15) is 24.4 Å². The molecule has 7 unspecified atom stereocenters. The first kappa shape index (κ1) is 40.2. The van der Waals surface area contributed by atoms with Gasteiger partial charge in [-0.15, -0.1) is 0 Å². The highest BCUT2D eigenvalue weighted by Gasteiger charge is 2.44. The summed E-state index contributed by atoms with van der Waals surface area (Å²) in [4.78, 5) is 12.7. The lowest BCUT2D eigenvalue weighted by Crippen LogP contribution is -2.60. The summed E-state index contributed by atoms with van der Waals surface area (Å²) in [6.07, 6.45) is 23.6. The van der Waals surface area contributed by atoms with Crippen LogP contribution >= 0.6 is 0 Å². The SMILES string of the molecule is CC/C=C\C/C=C\C/C=C\CCCCCCCCCC(=O)NC(COC1OC(CO)C(O)C(O)C1O)C(O)/C=C/CCCC. The van der Waals surface area contributed by atoms with Crippen LogP contribution in [0.15, 0.2) is 48.6 Å². The van der Waals surface area contributed by atoms with Crippen molar-refractivity contribution in [1.82, 2.24) is 5.32 Å². The summed E-state index contributed by atoms with van der Waals surface area (Å²) in [6.45, 7) is 3.45. The number of aliphatic hydroxyl groups excluding tert-OH is 5. The lowest BCUT2D eigenvalue weighted by molar-refractivity contribution is -0.302. The van der Waals surface area contributed by atoms with E-state index in [2.05, 4.69) is 55.6 Å². The molecule has 9 heteroatoms. The third kappa shape index (κ3) is 18.2. The van der Waals surface area contributed by atoms with Crippen LogP contribution in [0.1, 0.15) is 110 Å². The first-order valence-corrected chi connectivity index (χ1v) is 16.9. The van der Waals surface area contributed by atoms with Crippen molar-refractivity contribution in [1.29, 1.82) is 0 Å². The molecule has 1 saturated heterocycles. The van der Waals surface area contributed by atoms with Crippen LogP contribution < -0.4 is 5.32 Å². The minimum absolute atomic E-state index is 0.198. The normalized spacial score (nSPS) is 24.2. The van der Waals surface area contributed by atoms with Crippen LogP contribution in [-0.4, -0.2) is 87.5 Å². The minimum Gasteiger partial charge on any atom is -0.394 e. The molecule has 0 aromatic rings. The summed E-state index contributed by atoms with van der Waals surface area (Å²) in [5, 5.41) is 53.2. The number of unbranched alkanes of at least 4 members (excludes halogenated alkanes) is 9. The zero-order valence-corrected chi connectivity index (χ0v) is 27.1. The van der Waals surface area contributed by atoms with Crippen molar-refractivity contribution in [3.63, 3.8) is 0 Å². The molecule has 44 heavy (non-hydrogen) atoms. The van der Waals surface area contributed by atoms with Crippen molar-refractivity contribution in [2.24, 2.45) is 0 Å². The molecule has 1 fully saturated rings. The second kappa shape index (κ2) is 26.4. The predicted octanol–water partition coefficient (Wildman–Crippen LogP) is 4.76. The number of ether oxygens (including phenoxy) is 2. The maximum atomic E-state index is 12.7. The van der Waals surface area contributed by atoms with E-state index in [1.165, 1.54) is 19.3 Å². The summed E-state index contributed by atoms with van der Waals surface area (Å²) in [7, 11) is 0. The van der Waals surface area contributed by atoms with Crippen molar-refractivity contribution in [3.8, 4) is 0 Å². The molecule has 1 amide bonds. The third-order valence-electron chi connectivity index (χ3n) is 7.66. The van der Waals surface area contributed by atoms with Crippen LogP contribution in [0, 0.1) is 0 Å². The molecule has 1 aliphatic heterocycles. The number of aliphatic hydroxyl groups is 5. The molecule has 0 aromatic heterocycles. The second-order valence-corrected chi connectivity index (χ2v) is 11.6. The molecule has 0 aliphatic carbocycles. The van der Waals surface area contributed by atoms with Gasteiger partial charge in [-0.05, 0) is 44.9 Å². The van der Waals surface area contributed by atoms with E-state index in [9.17, 15) is 30.3 Å². The first-order valence-electron chi connectivity index (χ1n) is 16.9. The number of carbonyl (C=O) groups is 1. The minimum atomic E-state index is -1.56. The van der Waals surface area contributed by atoms with Gasteiger partial charge >= 0.3 is 0 Å². The molecule has 0 aromatic carbocycles. The number of hydrogen-bond donors (Lipinski definition) is 6. The maximum Gasteiger partial charge on any atom is 0.220 e. The number of rotatable bonds is 25. The van der Waals surface area contributed by atoms with Crippen LogP contribution in [0.25, 0.3) is 0 Å². The molecule has 1 rings (SSSR count). The van der Waals surface area contributed by atoms with Gasteiger partial charge in [0, 0.05) is 6.42 Å². The Morgan fingerprint density at radius 1 is 0.795 bits per heavy atom. The lowest BCUT2D eigenvalue weighted by Gasteiger charge is -2.40. The number of nitrogens with one attached hydrogen (secondary N) is 1. The van der Waals surface area contributed by atoms with E-state index in [0.717, 1.165) is 70.6 Å². The first-order chi connectivity index (χ1) is 21.3. The van der Waals surface area contributed by atoms with Gasteiger partial charge in [-0.2, -0.15) is 0 Å². The Kier molecular flexibility index (Phi) is 24.1. The van der Waals surface area contributed by atoms with Gasteiger partial charge in [0.25, 0.3) is 0 Å². The Hall–Kier alpha value is -1.85. The molecule has 0 saturated carbocycles. The Bertz CT molecular complexity index is 828. The monoisotopic (exact) mass is 623 g/mol. The van der Waals surface area contributed by atoms with Gasteiger partial charge in [0.15, 0.2) is 6.29 Å². The number of carbonyl (C=O) groups excluding carboxylic acids is 1. The lowest BCUT2D eigenvalue weighted by atomic mass is 9.99. The van der Waals surface area contributed by atoms with Gasteiger partial charge in [-0.25, -0.2) is 0 Å². The molecular weight excluding hydrogens is 562 g/mol. The highest BCUT2D eigenvalue weighted by Crippen LogP contribution is 2.22. The number of amides is 1. The highest BCUT2D eigenvalue weighted by molar-refractivity contribution is 5.76. The molecule has 0 radical (unpaired) electrons. The maximum absolute atomic E-state index is 12.7. The fourth-order valence-electron chi connectivity index (χ4n) is 4.86. The third-order valence-corrected chi connectivity index (χ3v) is 7.66. The van der Waals surface area contributed by atoms with E-state index in [1.807, 2.05) is 6.08 Å². The van der Waals surface area contributed by atoms with Gasteiger partial charge in [0.05, 0.1) is 25.4 Å². The van der Waals surface area contributed by atoms with Crippen LogP contribution in [0.3, 0.4) is 0 Å². The van der Waals surface area contributed by atoms with Crippen LogP contribution in [0.4, 0.5) is 0 Å². The van der Waals surface area contributed by atoms with E-state index >= 15 is 0 Å². The quantitative estimate of drug-likeness (QED) is 0.0630. The van der Waals surface area contributed by atoms with Crippen LogP contribution in [-0.2, 0) is 14.3 Å². The molecule has 1 heterocycles. The highest BCUT2D eigenvalue weighted by atomic mass is 16.7. The van der Waals surface area contributed by atoms with Crippen molar-refractivity contribution in [2.45, 2.75) is 153 Å². The van der Waals surface area contributed by atoms with E-state index in [-0.39, 0.29) is 12.5 Å². The molecule has 9 nitrogen and oxygen atoms in total. The van der Waals surface area contributed by atoms with Gasteiger partial charge in [-0.1, -0.05) is 107 Å². The molecule has 0 spiro atoms. The Balaban J connectivity index is 2.34. The molecule has 254 valence electrons. The Labute approximate surface area is 265 Å². The van der Waals surface area contributed by atoms with Crippen molar-refractivity contribution in [2.75, 3.05) is 13.2 Å². The van der Waals surface area contributed by atoms with Gasteiger partial charge in [0.2, 0.25) is 5.91 Å². The predicted molar refractivity (Wildman–Crippen MR) is 175 cm³/mol. The van der Waals surface area contributed by atoms with Crippen molar-refractivity contribution in [3.05, 3.63) is 48.6 Å². The average Bonchev–Trinajstić information content (AvgIpc) is 3.02. The van der Waals surface area contributed by atoms with Crippen molar-refractivity contribution < 1.29 is 39.8 Å². The van der Waals surface area contributed by atoms with E-state index in [4.69, 9.17) is 9.47 Å². The van der Waals surface area contributed by atoms with Crippen LogP contribution in [0.5, 0.6) is 0 Å². The summed E-state index contributed by atoms with van der Waals surface area (Å²) in [6, 6.07) is -0.805. The standard InChI is InChI=1S/C35H61NO8/c1-3-5-7-9-10-11-12-13-14-15-16-17-18-19-20-21-23-25-31(39)36-28(29(38)24-22-8-6-4-2)27-43-35-34(42)33(41)32(40)30(26-37)44-35/h5,7,10-11,13-14,22,24,28-30,32-35,37-38,40-42H,3-4,6,8-9,12,15-21,23,25-27H2,1-2H3,(H,36,39)/b7-5-,11-10-,14-13-,24-22+. The topological polar surface area (TPSA) is 149 Å². The van der Waals surface area contributed by atoms with Gasteiger partial charge < -0.3 is 40.3 Å². The Morgan fingerprint density at radius 2 is 1.41 bits per heavy atom. The summed E-state index contributed by atoms with van der Waals surface area (Å²) < 4.78 is 11.0. The Morgan fingerprint density at radius 3 is 2.07 bits per heavy atom. The second-order valence-electron chi connectivity index (χ2n) is 11.6. The number of hydrogen-bond acceptors (Lipinski definition) is 8. The fraction of sp³-hybridized carbons (Fsp3) is 0.743. The zero-order valence-electron chi connectivity index (χ0n) is 27.1. The van der Waals surface area contributed by atoms with E-state index in [0.29, 0.717) is 6.42 Å². The van der Waals surface area contributed by atoms with Crippen molar-refractivity contribution >= 4 is 5.91 Å². The summed E-state index contributed by atoms with van der Waals surface area (Å²) in [5.41, 5.74) is 0. The molecule has 7 atom stereocenters. The average molecular weight is 624 g/mol. The van der Waals surface area contributed by atoms with E-state index < -0.39 is 49.5 Å². The largest absolute Gasteiger partial charge is 0.394 e. The fourth-order valence-corrected chi connectivity index (χ4v) is 4.86. The molecule has 1 aliphatic rings. The van der Waals surface area contributed by atoms with E-state index in [1.54, 1.807) is 6.08 Å². The summed E-state index contributed by atoms with van der Waals surface area (Å²) in [5.74, 6) is -0.201. The van der Waals surface area contributed by atoms with Gasteiger partial charge in [-0.3, -0.25) is 4.79 Å². The van der Waals surface area contributed by atoms with Crippen LogP contribution in [0.2, 0.25) is 0 Å². The smallest absolute Gasteiger partial charge is 0.220 e. The zero-order chi connectivity index (χ0) is 32.4. The molecule has 0 bridgehead atoms. The summed E-state index contributed by atoms with van der Waals surface area (Å²) >= 11 is 0. The molecule has 6 N–H and O–H groups in total.